The van der Waals surface area contributed by atoms with E-state index in [1.54, 1.807) is 4.90 Å². The lowest BCUT2D eigenvalue weighted by atomic mass is 10.2. The third-order valence-electron chi connectivity index (χ3n) is 3.15. The quantitative estimate of drug-likeness (QED) is 0.776. The molecule has 0 saturated heterocycles. The van der Waals surface area contributed by atoms with Crippen LogP contribution >= 0.6 is 0 Å². The summed E-state index contributed by atoms with van der Waals surface area (Å²) in [5, 5.41) is 0. The second kappa shape index (κ2) is 8.39. The molecule has 1 aromatic rings. The van der Waals surface area contributed by atoms with Gasteiger partial charge >= 0.3 is 0 Å². The molecule has 1 aromatic carbocycles. The topological polar surface area (TPSA) is 40.6 Å². The Kier molecular flexibility index (Phi) is 6.85. The van der Waals surface area contributed by atoms with Crippen molar-refractivity contribution < 1.29 is 14.0 Å². The first kappa shape index (κ1) is 17.1. The van der Waals surface area contributed by atoms with E-state index in [1.807, 2.05) is 13.8 Å². The van der Waals surface area contributed by atoms with Crippen LogP contribution in [-0.2, 0) is 9.59 Å². The lowest BCUT2D eigenvalue weighted by Crippen LogP contribution is -2.43. The summed E-state index contributed by atoms with van der Waals surface area (Å²) >= 11 is 0. The highest BCUT2D eigenvalue weighted by Gasteiger charge is 2.19. The molecule has 0 N–H and O–H groups in total. The Morgan fingerprint density at radius 1 is 1.05 bits per heavy atom. The highest BCUT2D eigenvalue weighted by atomic mass is 19.1. The minimum atomic E-state index is -0.368. The van der Waals surface area contributed by atoms with Gasteiger partial charge in [-0.25, -0.2) is 4.39 Å². The highest BCUT2D eigenvalue weighted by Crippen LogP contribution is 2.15. The fraction of sp³-hybridized carbons (Fsp3) is 0.500. The largest absolute Gasteiger partial charge is 0.341 e. The van der Waals surface area contributed by atoms with E-state index < -0.39 is 0 Å². The zero-order valence-corrected chi connectivity index (χ0v) is 12.9. The van der Waals surface area contributed by atoms with E-state index in [-0.39, 0.29) is 24.2 Å². The number of carbonyl (C=O) groups is 2. The van der Waals surface area contributed by atoms with Crippen LogP contribution in [0.1, 0.15) is 33.6 Å². The summed E-state index contributed by atoms with van der Waals surface area (Å²) in [7, 11) is 0. The predicted molar refractivity (Wildman–Crippen MR) is 81.6 cm³/mol. The van der Waals surface area contributed by atoms with Crippen molar-refractivity contribution in [3.63, 3.8) is 0 Å². The van der Waals surface area contributed by atoms with E-state index in [0.717, 1.165) is 12.8 Å². The maximum absolute atomic E-state index is 13.0. The minimum Gasteiger partial charge on any atom is -0.341 e. The fourth-order valence-electron chi connectivity index (χ4n) is 2.14. The summed E-state index contributed by atoms with van der Waals surface area (Å²) < 4.78 is 13.0. The minimum absolute atomic E-state index is 0.0129. The molecule has 0 aliphatic heterocycles. The molecule has 0 bridgehead atoms. The fourth-order valence-corrected chi connectivity index (χ4v) is 2.14. The molecule has 5 heteroatoms. The molecule has 0 spiro atoms. The first-order chi connectivity index (χ1) is 9.99. The van der Waals surface area contributed by atoms with Gasteiger partial charge in [-0.15, -0.1) is 0 Å². The maximum Gasteiger partial charge on any atom is 0.242 e. The van der Waals surface area contributed by atoms with Crippen LogP contribution in [0.5, 0.6) is 0 Å². The van der Waals surface area contributed by atoms with Gasteiger partial charge in [0.05, 0.1) is 0 Å². The van der Waals surface area contributed by atoms with Crippen LogP contribution in [0.4, 0.5) is 10.1 Å². The van der Waals surface area contributed by atoms with Gasteiger partial charge in [-0.3, -0.25) is 9.59 Å². The van der Waals surface area contributed by atoms with Gasteiger partial charge in [-0.2, -0.15) is 0 Å². The number of nitrogens with zero attached hydrogens (tertiary/aromatic N) is 2. The molecule has 0 unspecified atom stereocenters. The van der Waals surface area contributed by atoms with E-state index in [2.05, 4.69) is 0 Å². The Bertz CT molecular complexity index is 468. The molecule has 116 valence electrons. The van der Waals surface area contributed by atoms with Gasteiger partial charge in [-0.05, 0) is 37.1 Å². The SMILES string of the molecule is CCCN(CCC)C(=O)CN(C(C)=O)c1ccc(F)cc1. The van der Waals surface area contributed by atoms with Crippen molar-refractivity contribution in [2.75, 3.05) is 24.5 Å². The normalized spacial score (nSPS) is 10.3. The standard InChI is InChI=1S/C16H23FN2O2/c1-4-10-18(11-5-2)16(21)12-19(13(3)20)15-8-6-14(17)7-9-15/h6-9H,4-5,10-12H2,1-3H3. The molecule has 0 aliphatic carbocycles. The van der Waals surface area contributed by atoms with Crippen LogP contribution in [0, 0.1) is 5.82 Å². The second-order valence-corrected chi connectivity index (χ2v) is 4.96. The van der Waals surface area contributed by atoms with Gasteiger partial charge in [0, 0.05) is 25.7 Å². The van der Waals surface area contributed by atoms with Gasteiger partial charge in [-0.1, -0.05) is 13.8 Å². The number of halogens is 1. The number of carbonyl (C=O) groups excluding carboxylic acids is 2. The number of rotatable bonds is 7. The van der Waals surface area contributed by atoms with Gasteiger partial charge in [0.25, 0.3) is 0 Å². The molecule has 4 nitrogen and oxygen atoms in total. The van der Waals surface area contributed by atoms with Crippen LogP contribution in [0.15, 0.2) is 24.3 Å². The second-order valence-electron chi connectivity index (χ2n) is 4.96. The summed E-state index contributed by atoms with van der Waals surface area (Å²) in [6.45, 7) is 6.78. The molecule has 0 aliphatic rings. The van der Waals surface area contributed by atoms with Crippen molar-refractivity contribution in [3.05, 3.63) is 30.1 Å². The smallest absolute Gasteiger partial charge is 0.242 e. The molecular formula is C16H23FN2O2. The lowest BCUT2D eigenvalue weighted by molar-refractivity contribution is -0.131. The van der Waals surface area contributed by atoms with Crippen molar-refractivity contribution >= 4 is 17.5 Å². The van der Waals surface area contributed by atoms with Crippen molar-refractivity contribution in [2.24, 2.45) is 0 Å². The molecule has 0 fully saturated rings. The van der Waals surface area contributed by atoms with Crippen LogP contribution in [0.3, 0.4) is 0 Å². The summed E-state index contributed by atoms with van der Waals surface area (Å²) in [4.78, 5) is 27.2. The van der Waals surface area contributed by atoms with E-state index in [9.17, 15) is 14.0 Å². The average Bonchev–Trinajstić information content (AvgIpc) is 2.45. The van der Waals surface area contributed by atoms with Gasteiger partial charge < -0.3 is 9.80 Å². The number of hydrogen-bond acceptors (Lipinski definition) is 2. The third-order valence-corrected chi connectivity index (χ3v) is 3.15. The molecule has 1 rings (SSSR count). The van der Waals surface area contributed by atoms with E-state index in [1.165, 1.54) is 36.1 Å². The molecule has 21 heavy (non-hydrogen) atoms. The Hall–Kier alpha value is -1.91. The van der Waals surface area contributed by atoms with Crippen molar-refractivity contribution in [1.82, 2.24) is 4.90 Å². The first-order valence-electron chi connectivity index (χ1n) is 7.31. The number of benzene rings is 1. The highest BCUT2D eigenvalue weighted by molar-refractivity contribution is 5.97. The Labute approximate surface area is 125 Å². The van der Waals surface area contributed by atoms with Crippen molar-refractivity contribution in [2.45, 2.75) is 33.6 Å². The number of hydrogen-bond donors (Lipinski definition) is 0. The monoisotopic (exact) mass is 294 g/mol. The van der Waals surface area contributed by atoms with Crippen molar-refractivity contribution in [3.8, 4) is 0 Å². The zero-order valence-electron chi connectivity index (χ0n) is 12.9. The molecule has 0 radical (unpaired) electrons. The molecule has 0 heterocycles. The van der Waals surface area contributed by atoms with Crippen LogP contribution in [0.2, 0.25) is 0 Å². The van der Waals surface area contributed by atoms with Crippen LogP contribution in [0.25, 0.3) is 0 Å². The molecule has 2 amide bonds. The van der Waals surface area contributed by atoms with Gasteiger partial charge in [0.2, 0.25) is 11.8 Å². The summed E-state index contributed by atoms with van der Waals surface area (Å²) in [5.41, 5.74) is 0.533. The average molecular weight is 294 g/mol. The van der Waals surface area contributed by atoms with E-state index >= 15 is 0 Å². The Balaban J connectivity index is 2.84. The lowest BCUT2D eigenvalue weighted by Gasteiger charge is -2.26. The number of anilines is 1. The molecule has 0 aromatic heterocycles. The maximum atomic E-state index is 13.0. The molecule has 0 atom stereocenters. The molecular weight excluding hydrogens is 271 g/mol. The van der Waals surface area contributed by atoms with Gasteiger partial charge in [0.1, 0.15) is 12.4 Å². The molecule has 0 saturated carbocycles. The van der Waals surface area contributed by atoms with E-state index in [0.29, 0.717) is 18.8 Å². The Morgan fingerprint density at radius 2 is 1.57 bits per heavy atom. The zero-order chi connectivity index (χ0) is 15.8. The van der Waals surface area contributed by atoms with Crippen molar-refractivity contribution in [1.29, 1.82) is 0 Å². The summed E-state index contributed by atoms with van der Waals surface area (Å²) in [5.74, 6) is -0.687. The van der Waals surface area contributed by atoms with E-state index in [4.69, 9.17) is 0 Å². The summed E-state index contributed by atoms with van der Waals surface area (Å²) in [6.07, 6.45) is 1.75. The van der Waals surface area contributed by atoms with Crippen LogP contribution in [-0.4, -0.2) is 36.3 Å². The predicted octanol–water partition coefficient (Wildman–Crippen LogP) is 2.83. The number of amides is 2. The van der Waals surface area contributed by atoms with Gasteiger partial charge in [0.15, 0.2) is 0 Å². The van der Waals surface area contributed by atoms with Crippen LogP contribution < -0.4 is 4.90 Å². The Morgan fingerprint density at radius 3 is 2.00 bits per heavy atom. The first-order valence-corrected chi connectivity index (χ1v) is 7.31. The summed E-state index contributed by atoms with van der Waals surface area (Å²) in [6, 6.07) is 5.58. The third kappa shape index (κ3) is 5.17.